The van der Waals surface area contributed by atoms with Crippen LogP contribution in [0.3, 0.4) is 0 Å². The van der Waals surface area contributed by atoms with Gasteiger partial charge in [0.2, 0.25) is 5.91 Å². The number of hydrogen-bond donors (Lipinski definition) is 0. The molecule has 32 heavy (non-hydrogen) atoms. The second kappa shape index (κ2) is 10.2. The zero-order valence-corrected chi connectivity index (χ0v) is 18.8. The van der Waals surface area contributed by atoms with E-state index in [0.29, 0.717) is 43.4 Å². The Morgan fingerprint density at radius 2 is 1.88 bits per heavy atom. The van der Waals surface area contributed by atoms with Gasteiger partial charge in [-0.2, -0.15) is 0 Å². The maximum absolute atomic E-state index is 13.1. The largest absolute Gasteiger partial charge is 0.496 e. The number of fused-ring (bicyclic) bond motifs is 1. The summed E-state index contributed by atoms with van der Waals surface area (Å²) in [4.78, 5) is 33.2. The first kappa shape index (κ1) is 21.8. The number of aromatic nitrogens is 2. The Labute approximate surface area is 190 Å². The van der Waals surface area contributed by atoms with Crippen molar-refractivity contribution < 1.29 is 9.53 Å². The first-order valence-corrected chi connectivity index (χ1v) is 11.4. The number of amides is 1. The van der Waals surface area contributed by atoms with E-state index in [0.717, 1.165) is 16.2 Å². The Morgan fingerprint density at radius 3 is 2.69 bits per heavy atom. The summed E-state index contributed by atoms with van der Waals surface area (Å²) in [5.74, 6) is 0.816. The van der Waals surface area contributed by atoms with Crippen LogP contribution in [0.4, 0.5) is 0 Å². The molecule has 2 heterocycles. The van der Waals surface area contributed by atoms with Gasteiger partial charge in [-0.1, -0.05) is 36.4 Å². The summed E-state index contributed by atoms with van der Waals surface area (Å²) in [6.07, 6.45) is 2.47. The van der Waals surface area contributed by atoms with E-state index in [1.165, 1.54) is 0 Å². The molecule has 0 fully saturated rings. The molecule has 2 aromatic carbocycles. The molecule has 7 heteroatoms. The predicted octanol–water partition coefficient (Wildman–Crippen LogP) is 4.48. The first-order chi connectivity index (χ1) is 15.7. The third-order valence-corrected chi connectivity index (χ3v) is 6.22. The number of methoxy groups -OCH3 is 1. The van der Waals surface area contributed by atoms with Crippen LogP contribution in [0.2, 0.25) is 0 Å². The number of aryl methyl sites for hydroxylation is 1. The minimum atomic E-state index is -0.0764. The zero-order valence-electron chi connectivity index (χ0n) is 17.9. The quantitative estimate of drug-likeness (QED) is 0.380. The fourth-order valence-corrected chi connectivity index (χ4v) is 4.41. The van der Waals surface area contributed by atoms with E-state index in [-0.39, 0.29) is 11.5 Å². The van der Waals surface area contributed by atoms with Gasteiger partial charge in [-0.3, -0.25) is 14.2 Å². The highest BCUT2D eigenvalue weighted by Gasteiger charge is 2.17. The van der Waals surface area contributed by atoms with Gasteiger partial charge in [-0.05, 0) is 36.1 Å². The summed E-state index contributed by atoms with van der Waals surface area (Å²) in [6.45, 7) is 1.47. The maximum atomic E-state index is 13.1. The van der Waals surface area contributed by atoms with Crippen molar-refractivity contribution in [3.8, 4) is 5.75 Å². The molecule has 0 bridgehead atoms. The van der Waals surface area contributed by atoms with Crippen LogP contribution in [-0.2, 0) is 24.4 Å². The van der Waals surface area contributed by atoms with Crippen molar-refractivity contribution >= 4 is 28.1 Å². The van der Waals surface area contributed by atoms with Crippen LogP contribution in [0.15, 0.2) is 77.2 Å². The summed E-state index contributed by atoms with van der Waals surface area (Å²) >= 11 is 1.63. The Bertz CT molecular complexity index is 1250. The Hall–Kier alpha value is -3.45. The minimum absolute atomic E-state index is 0.0473. The van der Waals surface area contributed by atoms with Crippen molar-refractivity contribution in [3.63, 3.8) is 0 Å². The third kappa shape index (κ3) is 5.06. The van der Waals surface area contributed by atoms with Gasteiger partial charge in [-0.15, -0.1) is 11.3 Å². The van der Waals surface area contributed by atoms with Crippen LogP contribution in [-0.4, -0.2) is 27.5 Å². The molecule has 4 aromatic rings. The van der Waals surface area contributed by atoms with E-state index < -0.39 is 0 Å². The molecule has 0 radical (unpaired) electrons. The number of thiophene rings is 1. The monoisotopic (exact) mass is 447 g/mol. The van der Waals surface area contributed by atoms with Gasteiger partial charge < -0.3 is 9.64 Å². The molecule has 0 aliphatic rings. The highest BCUT2D eigenvalue weighted by Crippen LogP contribution is 2.22. The molecule has 0 atom stereocenters. The second-order valence-corrected chi connectivity index (χ2v) is 8.54. The number of benzene rings is 2. The van der Waals surface area contributed by atoms with Crippen LogP contribution in [0.1, 0.15) is 23.3 Å². The van der Waals surface area contributed by atoms with Crippen LogP contribution in [0.5, 0.6) is 5.75 Å². The molecule has 6 nitrogen and oxygen atoms in total. The lowest BCUT2D eigenvalue weighted by Crippen LogP contribution is -2.30. The SMILES string of the molecule is COc1ccccc1CN(Cc1cccs1)C(=O)CCCn1cnc2ccccc2c1=O. The number of carbonyl (C=O) groups excluding carboxylic acids is 1. The van der Waals surface area contributed by atoms with Gasteiger partial charge in [-0.25, -0.2) is 4.98 Å². The predicted molar refractivity (Wildman–Crippen MR) is 127 cm³/mol. The van der Waals surface area contributed by atoms with E-state index in [1.807, 2.05) is 64.9 Å². The van der Waals surface area contributed by atoms with Gasteiger partial charge in [0.05, 0.1) is 30.9 Å². The molecule has 0 unspecified atom stereocenters. The molecule has 0 aliphatic heterocycles. The molecule has 164 valence electrons. The summed E-state index contributed by atoms with van der Waals surface area (Å²) in [5, 5.41) is 2.61. The first-order valence-electron chi connectivity index (χ1n) is 10.5. The topological polar surface area (TPSA) is 64.4 Å². The van der Waals surface area contributed by atoms with Gasteiger partial charge in [0.1, 0.15) is 5.75 Å². The molecule has 2 aromatic heterocycles. The zero-order chi connectivity index (χ0) is 22.3. The van der Waals surface area contributed by atoms with E-state index >= 15 is 0 Å². The molecule has 0 N–H and O–H groups in total. The number of hydrogen-bond acceptors (Lipinski definition) is 5. The van der Waals surface area contributed by atoms with E-state index in [2.05, 4.69) is 4.98 Å². The number of rotatable bonds is 9. The van der Waals surface area contributed by atoms with Crippen LogP contribution in [0, 0.1) is 0 Å². The van der Waals surface area contributed by atoms with Crippen LogP contribution < -0.4 is 10.3 Å². The smallest absolute Gasteiger partial charge is 0.261 e. The van der Waals surface area contributed by atoms with E-state index in [9.17, 15) is 9.59 Å². The molecule has 0 saturated heterocycles. The number of nitrogens with zero attached hydrogens (tertiary/aromatic N) is 3. The van der Waals surface area contributed by atoms with Crippen LogP contribution in [0.25, 0.3) is 10.9 Å². The number of carbonyl (C=O) groups is 1. The van der Waals surface area contributed by atoms with Crippen molar-refractivity contribution in [1.82, 2.24) is 14.5 Å². The average molecular weight is 448 g/mol. The van der Waals surface area contributed by atoms with Gasteiger partial charge in [0.15, 0.2) is 0 Å². The van der Waals surface area contributed by atoms with Crippen molar-refractivity contribution in [2.75, 3.05) is 7.11 Å². The molecular formula is C25H25N3O3S. The lowest BCUT2D eigenvalue weighted by molar-refractivity contribution is -0.132. The lowest BCUT2D eigenvalue weighted by atomic mass is 10.1. The van der Waals surface area contributed by atoms with Gasteiger partial charge in [0, 0.05) is 30.0 Å². The minimum Gasteiger partial charge on any atom is -0.496 e. The molecule has 0 saturated carbocycles. The summed E-state index contributed by atoms with van der Waals surface area (Å²) in [7, 11) is 1.64. The molecular weight excluding hydrogens is 422 g/mol. The molecule has 4 rings (SSSR count). The highest BCUT2D eigenvalue weighted by molar-refractivity contribution is 7.09. The summed E-state index contributed by atoms with van der Waals surface area (Å²) < 4.78 is 7.05. The number of para-hydroxylation sites is 2. The number of ether oxygens (including phenoxy) is 1. The molecule has 1 amide bonds. The van der Waals surface area contributed by atoms with Crippen molar-refractivity contribution in [2.45, 2.75) is 32.5 Å². The van der Waals surface area contributed by atoms with E-state index in [1.54, 1.807) is 35.4 Å². The second-order valence-electron chi connectivity index (χ2n) is 7.50. The molecule has 0 aliphatic carbocycles. The fourth-order valence-electron chi connectivity index (χ4n) is 3.69. The van der Waals surface area contributed by atoms with Crippen molar-refractivity contribution in [3.05, 3.63) is 93.2 Å². The summed E-state index contributed by atoms with van der Waals surface area (Å²) in [6, 6.07) is 19.1. The van der Waals surface area contributed by atoms with Crippen molar-refractivity contribution in [1.29, 1.82) is 0 Å². The van der Waals surface area contributed by atoms with Gasteiger partial charge in [0.25, 0.3) is 5.56 Å². The maximum Gasteiger partial charge on any atom is 0.261 e. The lowest BCUT2D eigenvalue weighted by Gasteiger charge is -2.23. The molecule has 0 spiro atoms. The third-order valence-electron chi connectivity index (χ3n) is 5.35. The fraction of sp³-hybridized carbons (Fsp3) is 0.240. The summed E-state index contributed by atoms with van der Waals surface area (Å²) in [5.41, 5.74) is 1.58. The Kier molecular flexibility index (Phi) is 6.97. The normalized spacial score (nSPS) is 10.9. The highest BCUT2D eigenvalue weighted by atomic mass is 32.1. The average Bonchev–Trinajstić information content (AvgIpc) is 3.34. The van der Waals surface area contributed by atoms with Crippen molar-refractivity contribution in [2.24, 2.45) is 0 Å². The van der Waals surface area contributed by atoms with Gasteiger partial charge >= 0.3 is 0 Å². The standard InChI is InChI=1S/C25H25N3O3S/c1-31-23-12-5-2-8-19(23)16-28(17-20-9-7-15-32-20)24(29)13-6-14-27-18-26-22-11-4-3-10-21(22)25(27)30/h2-5,7-12,15,18H,6,13-14,16-17H2,1H3. The van der Waals surface area contributed by atoms with Crippen LogP contribution >= 0.6 is 11.3 Å². The Balaban J connectivity index is 1.45. The van der Waals surface area contributed by atoms with E-state index in [4.69, 9.17) is 4.74 Å². The Morgan fingerprint density at radius 1 is 1.06 bits per heavy atom.